The Morgan fingerprint density at radius 3 is 2.35 bits per heavy atom. The molecular weight excluding hydrogens is 318 g/mol. The highest BCUT2D eigenvalue weighted by Gasteiger charge is 2.14. The Balaban J connectivity index is 2.07. The van der Waals surface area contributed by atoms with Gasteiger partial charge < -0.3 is 10.2 Å². The maximum atomic E-state index is 12.1. The molecule has 1 aromatic carbocycles. The molecule has 0 unspecified atom stereocenters. The number of rotatable bonds is 4. The first-order chi connectivity index (χ1) is 10.9. The number of hydrogen-bond acceptors (Lipinski definition) is 5. The molecule has 122 valence electrons. The van der Waals surface area contributed by atoms with Gasteiger partial charge in [0.2, 0.25) is 0 Å². The first-order valence-electron chi connectivity index (χ1n) is 7.15. The molecule has 1 aromatic rings. The van der Waals surface area contributed by atoms with Crippen LogP contribution in [0.4, 0.5) is 5.69 Å². The van der Waals surface area contributed by atoms with Crippen LogP contribution >= 0.6 is 0 Å². The van der Waals surface area contributed by atoms with Crippen LogP contribution in [0.2, 0.25) is 0 Å². The quantitative estimate of drug-likeness (QED) is 0.493. The molecule has 0 saturated carbocycles. The number of nitrogens with zero attached hydrogens (tertiary/aromatic N) is 2. The highest BCUT2D eigenvalue weighted by atomic mass is 32.2. The van der Waals surface area contributed by atoms with E-state index in [-0.39, 0.29) is 10.5 Å². The molecule has 1 fully saturated rings. The van der Waals surface area contributed by atoms with Crippen molar-refractivity contribution in [1.29, 1.82) is 5.26 Å². The van der Waals surface area contributed by atoms with Gasteiger partial charge in [-0.3, -0.25) is 9.35 Å². The van der Waals surface area contributed by atoms with Crippen molar-refractivity contribution in [2.45, 2.75) is 24.2 Å². The van der Waals surface area contributed by atoms with Gasteiger partial charge in [-0.15, -0.1) is 0 Å². The largest absolute Gasteiger partial charge is 0.376 e. The molecule has 8 heteroatoms. The van der Waals surface area contributed by atoms with Crippen molar-refractivity contribution >= 4 is 21.7 Å². The fourth-order valence-corrected chi connectivity index (χ4v) is 2.76. The normalized spacial score (nSPS) is 15.8. The lowest BCUT2D eigenvalue weighted by Gasteiger charge is -2.25. The summed E-state index contributed by atoms with van der Waals surface area (Å²) in [6.45, 7) is 1.64. The maximum absolute atomic E-state index is 12.1. The van der Waals surface area contributed by atoms with Crippen LogP contribution in [-0.2, 0) is 14.9 Å². The minimum atomic E-state index is -4.27. The van der Waals surface area contributed by atoms with Crippen molar-refractivity contribution in [3.05, 3.63) is 36.0 Å². The number of benzene rings is 1. The van der Waals surface area contributed by atoms with Gasteiger partial charge in [-0.1, -0.05) is 0 Å². The number of hydrogen-bond donors (Lipinski definition) is 2. The topological polar surface area (TPSA) is 111 Å². The molecule has 7 nitrogen and oxygen atoms in total. The van der Waals surface area contributed by atoms with Crippen molar-refractivity contribution in [3.8, 4) is 6.07 Å². The molecule has 1 saturated heterocycles. The molecule has 1 aliphatic rings. The summed E-state index contributed by atoms with van der Waals surface area (Å²) in [4.78, 5) is 13.8. The Bertz CT molecular complexity index is 742. The number of carbonyl (C=O) groups excluding carboxylic acids is 1. The van der Waals surface area contributed by atoms with Gasteiger partial charge in [0, 0.05) is 25.0 Å². The fraction of sp³-hybridized carbons (Fsp3) is 0.333. The van der Waals surface area contributed by atoms with Crippen LogP contribution in [0.5, 0.6) is 0 Å². The van der Waals surface area contributed by atoms with Crippen molar-refractivity contribution < 1.29 is 17.8 Å². The van der Waals surface area contributed by atoms with Crippen molar-refractivity contribution in [2.75, 3.05) is 18.4 Å². The van der Waals surface area contributed by atoms with Crippen molar-refractivity contribution in [2.24, 2.45) is 0 Å². The molecule has 0 spiro atoms. The Morgan fingerprint density at radius 1 is 1.22 bits per heavy atom. The van der Waals surface area contributed by atoms with Crippen molar-refractivity contribution in [3.63, 3.8) is 0 Å². The molecular formula is C15H17N3O4S. The van der Waals surface area contributed by atoms with Gasteiger partial charge in [0.25, 0.3) is 16.0 Å². The molecule has 0 bridgehead atoms. The summed E-state index contributed by atoms with van der Waals surface area (Å²) in [5.74, 6) is -0.558. The lowest BCUT2D eigenvalue weighted by molar-refractivity contribution is -0.112. The summed E-state index contributed by atoms with van der Waals surface area (Å²) < 4.78 is 30.8. The zero-order chi connectivity index (χ0) is 16.9. The average Bonchev–Trinajstić information content (AvgIpc) is 2.53. The van der Waals surface area contributed by atoms with Crippen LogP contribution in [-0.4, -0.2) is 36.9 Å². The third-order valence-corrected chi connectivity index (χ3v) is 4.35. The first kappa shape index (κ1) is 17.0. The highest BCUT2D eigenvalue weighted by molar-refractivity contribution is 7.85. The number of likely N-dealkylation sites (tertiary alicyclic amines) is 1. The second-order valence-corrected chi connectivity index (χ2v) is 6.63. The molecule has 23 heavy (non-hydrogen) atoms. The molecule has 1 heterocycles. The van der Waals surface area contributed by atoms with Crippen LogP contribution < -0.4 is 5.32 Å². The van der Waals surface area contributed by atoms with E-state index in [1.807, 2.05) is 11.0 Å². The lowest BCUT2D eigenvalue weighted by atomic mass is 10.1. The Labute approximate surface area is 135 Å². The molecule has 1 aliphatic heterocycles. The molecule has 0 aliphatic carbocycles. The van der Waals surface area contributed by atoms with E-state index in [2.05, 4.69) is 5.32 Å². The van der Waals surface area contributed by atoms with E-state index in [1.165, 1.54) is 24.3 Å². The van der Waals surface area contributed by atoms with Crippen LogP contribution in [0.1, 0.15) is 19.3 Å². The Hall–Kier alpha value is -2.37. The lowest BCUT2D eigenvalue weighted by Crippen LogP contribution is -2.26. The zero-order valence-corrected chi connectivity index (χ0v) is 13.2. The number of piperidine rings is 1. The zero-order valence-electron chi connectivity index (χ0n) is 12.4. The predicted molar refractivity (Wildman–Crippen MR) is 84.0 cm³/mol. The Kier molecular flexibility index (Phi) is 5.36. The monoisotopic (exact) mass is 335 g/mol. The summed E-state index contributed by atoms with van der Waals surface area (Å²) in [5, 5.41) is 11.7. The van der Waals surface area contributed by atoms with Gasteiger partial charge >= 0.3 is 0 Å². The Morgan fingerprint density at radius 2 is 1.83 bits per heavy atom. The predicted octanol–water partition coefficient (Wildman–Crippen LogP) is 1.77. The van der Waals surface area contributed by atoms with Gasteiger partial charge in [-0.2, -0.15) is 13.7 Å². The number of nitriles is 1. The summed E-state index contributed by atoms with van der Waals surface area (Å²) in [6, 6.07) is 6.91. The maximum Gasteiger partial charge on any atom is 0.294 e. The highest BCUT2D eigenvalue weighted by Crippen LogP contribution is 2.15. The van der Waals surface area contributed by atoms with Crippen LogP contribution in [0.15, 0.2) is 40.9 Å². The summed E-state index contributed by atoms with van der Waals surface area (Å²) in [7, 11) is -4.27. The minimum Gasteiger partial charge on any atom is -0.376 e. The number of carbonyl (C=O) groups is 1. The van der Waals surface area contributed by atoms with E-state index in [0.717, 1.165) is 32.4 Å². The average molecular weight is 335 g/mol. The van der Waals surface area contributed by atoms with E-state index in [9.17, 15) is 13.2 Å². The summed E-state index contributed by atoms with van der Waals surface area (Å²) in [5.41, 5.74) is 0.327. The van der Waals surface area contributed by atoms with Crippen LogP contribution in [0, 0.1) is 11.3 Å². The molecule has 0 aromatic heterocycles. The second-order valence-electron chi connectivity index (χ2n) is 5.20. The number of nitrogens with one attached hydrogen (secondary N) is 1. The fourth-order valence-electron chi connectivity index (χ4n) is 2.28. The standard InChI is InChI=1S/C15H17N3O4S/c16-10-12(11-18-8-2-1-3-9-18)15(19)17-13-4-6-14(7-5-13)23(20,21)22/h4-7,11H,1-3,8-9H2,(H,17,19)(H,20,21,22)/b12-11-. The molecule has 2 N–H and O–H groups in total. The van der Waals surface area contributed by atoms with Gasteiger partial charge in [0.05, 0.1) is 4.90 Å². The van der Waals surface area contributed by atoms with E-state index >= 15 is 0 Å². The van der Waals surface area contributed by atoms with Gasteiger partial charge in [-0.05, 0) is 43.5 Å². The van der Waals surface area contributed by atoms with E-state index < -0.39 is 16.0 Å². The van der Waals surface area contributed by atoms with Gasteiger partial charge in [-0.25, -0.2) is 0 Å². The minimum absolute atomic E-state index is 0.00856. The second kappa shape index (κ2) is 7.26. The van der Waals surface area contributed by atoms with Gasteiger partial charge in [0.15, 0.2) is 0 Å². The molecule has 0 atom stereocenters. The van der Waals surface area contributed by atoms with E-state index in [4.69, 9.17) is 9.81 Å². The smallest absolute Gasteiger partial charge is 0.294 e. The number of amides is 1. The molecule has 2 rings (SSSR count). The summed E-state index contributed by atoms with van der Waals surface area (Å²) >= 11 is 0. The third kappa shape index (κ3) is 4.81. The van der Waals surface area contributed by atoms with Gasteiger partial charge in [0.1, 0.15) is 11.6 Å². The third-order valence-electron chi connectivity index (χ3n) is 3.48. The SMILES string of the molecule is N#C/C(=C/N1CCCCC1)C(=O)Nc1ccc(S(=O)(=O)O)cc1. The first-order valence-corrected chi connectivity index (χ1v) is 8.59. The summed E-state index contributed by atoms with van der Waals surface area (Å²) in [6.07, 6.45) is 4.78. The van der Waals surface area contributed by atoms with E-state index in [0.29, 0.717) is 5.69 Å². The number of anilines is 1. The molecule has 0 radical (unpaired) electrons. The van der Waals surface area contributed by atoms with E-state index in [1.54, 1.807) is 6.20 Å². The molecule has 1 amide bonds. The van der Waals surface area contributed by atoms with Crippen LogP contribution in [0.25, 0.3) is 0 Å². The van der Waals surface area contributed by atoms with Crippen molar-refractivity contribution in [1.82, 2.24) is 4.90 Å². The van der Waals surface area contributed by atoms with Crippen LogP contribution in [0.3, 0.4) is 0 Å².